The van der Waals surface area contributed by atoms with Crippen LogP contribution in [0.25, 0.3) is 0 Å². The third kappa shape index (κ3) is 4.96. The third-order valence-electron chi connectivity index (χ3n) is 7.06. The molecule has 42 heavy (non-hydrogen) atoms. The number of benzene rings is 3. The minimum Gasteiger partial charge on any atom is -0.325 e. The number of rotatable bonds is 6. The normalized spacial score (nSPS) is 19.9. The first-order valence-electron chi connectivity index (χ1n) is 12.5. The average Bonchev–Trinajstić information content (AvgIpc) is 3.40. The van der Waals surface area contributed by atoms with Crippen LogP contribution in [0, 0.1) is 11.7 Å². The van der Waals surface area contributed by atoms with Crippen LogP contribution in [0.4, 0.5) is 15.8 Å². The van der Waals surface area contributed by atoms with Gasteiger partial charge in [0.25, 0.3) is 0 Å². The van der Waals surface area contributed by atoms with Crippen molar-refractivity contribution in [2.45, 2.75) is 27.6 Å². The van der Waals surface area contributed by atoms with Gasteiger partial charge in [0, 0.05) is 16.5 Å². The molecule has 1 fully saturated rings. The minimum atomic E-state index is -3.91. The number of nitrogens with two attached hydrogens (primary N) is 1. The molecule has 2 aliphatic heterocycles. The molecule has 14 heteroatoms. The lowest BCUT2D eigenvalue weighted by molar-refractivity contribution is -0.122. The van der Waals surface area contributed by atoms with Crippen molar-refractivity contribution in [3.05, 3.63) is 105 Å². The predicted octanol–water partition coefficient (Wildman–Crippen LogP) is 3.13. The van der Waals surface area contributed by atoms with Crippen LogP contribution in [0.2, 0.25) is 0 Å². The number of imide groups is 1. The number of hydrogen-bond acceptors (Lipinski definition) is 8. The molecule has 214 valence electrons. The minimum absolute atomic E-state index is 0.123. The van der Waals surface area contributed by atoms with Crippen molar-refractivity contribution in [3.63, 3.8) is 0 Å². The van der Waals surface area contributed by atoms with Gasteiger partial charge in [0.05, 0.1) is 21.5 Å². The molecule has 0 spiro atoms. The highest BCUT2D eigenvalue weighted by Crippen LogP contribution is 2.53. The molecule has 0 saturated carbocycles. The van der Waals surface area contributed by atoms with Gasteiger partial charge in [-0.2, -0.15) is 0 Å². The van der Waals surface area contributed by atoms with E-state index < -0.39 is 62.1 Å². The van der Waals surface area contributed by atoms with Gasteiger partial charge < -0.3 is 5.32 Å². The zero-order valence-electron chi connectivity index (χ0n) is 21.5. The number of nitrogens with zero attached hydrogens (tertiary/aromatic N) is 2. The first-order valence-corrected chi connectivity index (χ1v) is 15.8. The van der Waals surface area contributed by atoms with Crippen molar-refractivity contribution < 1.29 is 27.2 Å². The van der Waals surface area contributed by atoms with Gasteiger partial charge in [-0.05, 0) is 54.1 Å². The number of fused-ring (bicyclic) bond motifs is 2. The number of halogens is 1. The maximum Gasteiger partial charge on any atom is 0.308 e. The molecule has 4 aromatic rings. The van der Waals surface area contributed by atoms with E-state index in [0.29, 0.717) is 21.2 Å². The summed E-state index contributed by atoms with van der Waals surface area (Å²) in [6.07, 6.45) is 0. The second-order valence-corrected chi connectivity index (χ2v) is 13.4. The van der Waals surface area contributed by atoms with Gasteiger partial charge in [-0.1, -0.05) is 53.4 Å². The van der Waals surface area contributed by atoms with Crippen molar-refractivity contribution in [2.75, 3.05) is 10.2 Å². The molecule has 3 aromatic carbocycles. The maximum atomic E-state index is 13.8. The largest absolute Gasteiger partial charge is 0.325 e. The summed E-state index contributed by atoms with van der Waals surface area (Å²) < 4.78 is 38.1. The summed E-state index contributed by atoms with van der Waals surface area (Å²) in [6, 6.07) is 19.4. The van der Waals surface area contributed by atoms with Gasteiger partial charge >= 0.3 is 4.87 Å². The molecule has 0 radical (unpaired) electrons. The first-order chi connectivity index (χ1) is 20.0. The van der Waals surface area contributed by atoms with Gasteiger partial charge in [0.2, 0.25) is 27.7 Å². The molecule has 0 unspecified atom stereocenters. The Kier molecular flexibility index (Phi) is 7.09. The Bertz CT molecular complexity index is 1890. The van der Waals surface area contributed by atoms with Crippen molar-refractivity contribution in [3.8, 4) is 0 Å². The van der Waals surface area contributed by atoms with E-state index in [1.54, 1.807) is 30.3 Å². The molecular formula is C28H21FN4O6S3. The summed E-state index contributed by atoms with van der Waals surface area (Å²) in [5.74, 6) is -3.47. The molecule has 3 heterocycles. The quantitative estimate of drug-likeness (QED) is 0.313. The molecule has 3 amide bonds. The van der Waals surface area contributed by atoms with Crippen LogP contribution >= 0.6 is 23.1 Å². The number of carbonyl (C=O) groups excluding carboxylic acids is 3. The van der Waals surface area contributed by atoms with E-state index in [4.69, 9.17) is 5.14 Å². The number of thiazole rings is 1. The van der Waals surface area contributed by atoms with Gasteiger partial charge in [-0.3, -0.25) is 23.7 Å². The van der Waals surface area contributed by atoms with E-state index in [0.717, 1.165) is 28.0 Å². The monoisotopic (exact) mass is 624 g/mol. The van der Waals surface area contributed by atoms with Crippen LogP contribution in [0.3, 0.4) is 0 Å². The predicted molar refractivity (Wildman–Crippen MR) is 155 cm³/mol. The maximum absolute atomic E-state index is 13.8. The van der Waals surface area contributed by atoms with Crippen molar-refractivity contribution >= 4 is 62.2 Å². The highest BCUT2D eigenvalue weighted by Gasteiger charge is 2.56. The Hall–Kier alpha value is -4.11. The lowest BCUT2D eigenvalue weighted by Crippen LogP contribution is -2.33. The highest BCUT2D eigenvalue weighted by atomic mass is 32.2. The summed E-state index contributed by atoms with van der Waals surface area (Å²) in [4.78, 5) is 54.8. The third-order valence-corrected chi connectivity index (χ3v) is 10.6. The van der Waals surface area contributed by atoms with E-state index in [-0.39, 0.29) is 10.6 Å². The Labute approximate surface area is 247 Å². The zero-order valence-corrected chi connectivity index (χ0v) is 23.9. The van der Waals surface area contributed by atoms with Crippen LogP contribution in [-0.4, -0.2) is 36.0 Å². The van der Waals surface area contributed by atoms with E-state index in [2.05, 4.69) is 5.32 Å². The molecule has 0 bridgehead atoms. The van der Waals surface area contributed by atoms with Crippen molar-refractivity contribution in [1.29, 1.82) is 0 Å². The van der Waals surface area contributed by atoms with E-state index in [9.17, 15) is 32.0 Å². The molecule has 3 N–H and O–H groups in total. The van der Waals surface area contributed by atoms with E-state index in [1.165, 1.54) is 53.1 Å². The number of sulfonamides is 1. The zero-order chi connectivity index (χ0) is 29.8. The SMILES string of the molecule is NS(=O)(=O)c1ccc(NC(=O)Cn2c3c(sc2=O)[C@@H](c2ccc(F)cc2)[C@@H]2C(=O)N(c4ccccc4)C(=O)[C@@H]2S3)cc1. The summed E-state index contributed by atoms with van der Waals surface area (Å²) in [6.45, 7) is -0.396. The number of hydrogen-bond donors (Lipinski definition) is 2. The summed E-state index contributed by atoms with van der Waals surface area (Å²) in [5, 5.41) is 7.24. The molecule has 2 aliphatic rings. The van der Waals surface area contributed by atoms with Crippen LogP contribution in [-0.2, 0) is 31.0 Å². The number of anilines is 2. The number of para-hydroxylation sites is 1. The molecule has 1 aromatic heterocycles. The fraction of sp³-hybridized carbons (Fsp3) is 0.143. The Balaban J connectivity index is 1.36. The van der Waals surface area contributed by atoms with E-state index >= 15 is 0 Å². The average molecular weight is 625 g/mol. The van der Waals surface area contributed by atoms with E-state index in [1.807, 2.05) is 0 Å². The molecule has 0 aliphatic carbocycles. The van der Waals surface area contributed by atoms with Crippen LogP contribution < -0.4 is 20.2 Å². The second-order valence-electron chi connectivity index (χ2n) is 9.68. The highest BCUT2D eigenvalue weighted by molar-refractivity contribution is 8.00. The first kappa shape index (κ1) is 28.0. The summed E-state index contributed by atoms with van der Waals surface area (Å²) in [7, 11) is -3.91. The molecule has 3 atom stereocenters. The fourth-order valence-corrected chi connectivity index (χ4v) is 8.48. The van der Waals surface area contributed by atoms with Crippen molar-refractivity contribution in [1.82, 2.24) is 4.57 Å². The number of amides is 3. The summed E-state index contributed by atoms with van der Waals surface area (Å²) in [5.41, 5.74) is 1.28. The number of nitrogens with one attached hydrogen (secondary N) is 1. The lowest BCUT2D eigenvalue weighted by atomic mass is 9.83. The Morgan fingerprint density at radius 1 is 0.929 bits per heavy atom. The summed E-state index contributed by atoms with van der Waals surface area (Å²) >= 11 is 1.94. The molecule has 1 saturated heterocycles. The topological polar surface area (TPSA) is 149 Å². The lowest BCUT2D eigenvalue weighted by Gasteiger charge is -2.30. The van der Waals surface area contributed by atoms with Gasteiger partial charge in [-0.15, -0.1) is 0 Å². The van der Waals surface area contributed by atoms with Gasteiger partial charge in [0.1, 0.15) is 17.6 Å². The standard InChI is InChI=1S/C28H21FN4O6S3/c29-16-8-6-15(7-9-16)21-22-23(26(36)33(25(22)35)18-4-2-1-3-5-18)40-27-24(21)41-28(37)32(27)14-20(34)31-17-10-12-19(13-11-17)42(30,38)39/h1-13,21-23H,14H2,(H,31,34)(H2,30,38,39)/t21-,22-,23+/m0/s1. The van der Waals surface area contributed by atoms with Gasteiger partial charge in [-0.25, -0.2) is 22.8 Å². The molecule has 6 rings (SSSR count). The molecule has 10 nitrogen and oxygen atoms in total. The second kappa shape index (κ2) is 10.6. The Morgan fingerprint density at radius 2 is 1.60 bits per heavy atom. The van der Waals surface area contributed by atoms with Crippen LogP contribution in [0.5, 0.6) is 0 Å². The smallest absolute Gasteiger partial charge is 0.308 e. The number of carbonyl (C=O) groups is 3. The Morgan fingerprint density at radius 3 is 2.24 bits per heavy atom. The molecular weight excluding hydrogens is 604 g/mol. The number of thioether (sulfide) groups is 1. The number of aromatic nitrogens is 1. The fourth-order valence-electron chi connectivity index (χ4n) is 5.19. The number of primary sulfonamides is 1. The van der Waals surface area contributed by atoms with Gasteiger partial charge in [0.15, 0.2) is 0 Å². The van der Waals surface area contributed by atoms with Crippen molar-refractivity contribution in [2.24, 2.45) is 11.1 Å². The van der Waals surface area contributed by atoms with Crippen LogP contribution in [0.1, 0.15) is 16.4 Å². The van der Waals surface area contributed by atoms with Crippen LogP contribution in [0.15, 0.2) is 93.6 Å².